The summed E-state index contributed by atoms with van der Waals surface area (Å²) in [6, 6.07) is 4.94. The van der Waals surface area contributed by atoms with Crippen LogP contribution in [-0.2, 0) is 6.18 Å². The molecule has 1 aromatic heterocycles. The summed E-state index contributed by atoms with van der Waals surface area (Å²) in [5.74, 6) is 0.176. The van der Waals surface area contributed by atoms with Crippen molar-refractivity contribution in [1.82, 2.24) is 9.88 Å². The lowest BCUT2D eigenvalue weighted by molar-refractivity contribution is -0.137. The molecule has 0 aliphatic carbocycles. The standard InChI is InChI=1S/C16H15ClF3N3O/c1-10-6-15(21-8-14(10)22-9-23(2)3)24-11-4-5-13(17)12(7-11)16(18,19)20/h4-9H,1-3H3/b22-9+. The van der Waals surface area contributed by atoms with E-state index < -0.39 is 11.7 Å². The summed E-state index contributed by atoms with van der Waals surface area (Å²) in [4.78, 5) is 10.1. The van der Waals surface area contributed by atoms with Crippen LogP contribution in [0.2, 0.25) is 5.02 Å². The van der Waals surface area contributed by atoms with Gasteiger partial charge < -0.3 is 9.64 Å². The molecule has 0 saturated carbocycles. The van der Waals surface area contributed by atoms with Crippen LogP contribution in [0.1, 0.15) is 11.1 Å². The Morgan fingerprint density at radius 3 is 2.54 bits per heavy atom. The van der Waals surface area contributed by atoms with Crippen molar-refractivity contribution in [2.75, 3.05) is 14.1 Å². The van der Waals surface area contributed by atoms with Gasteiger partial charge in [0.25, 0.3) is 0 Å². The fourth-order valence-electron chi connectivity index (χ4n) is 1.80. The van der Waals surface area contributed by atoms with E-state index in [4.69, 9.17) is 16.3 Å². The second kappa shape index (κ2) is 7.09. The van der Waals surface area contributed by atoms with Crippen molar-refractivity contribution in [3.8, 4) is 11.6 Å². The molecule has 0 unspecified atom stereocenters. The van der Waals surface area contributed by atoms with Crippen LogP contribution in [0.15, 0.2) is 35.5 Å². The Hall–Kier alpha value is -2.28. The van der Waals surface area contributed by atoms with Crippen molar-refractivity contribution in [2.45, 2.75) is 13.1 Å². The monoisotopic (exact) mass is 357 g/mol. The largest absolute Gasteiger partial charge is 0.439 e. The van der Waals surface area contributed by atoms with E-state index in [0.717, 1.165) is 17.7 Å². The number of aryl methyl sites for hydroxylation is 1. The fourth-order valence-corrected chi connectivity index (χ4v) is 2.02. The molecule has 0 fully saturated rings. The molecule has 1 aromatic carbocycles. The Labute approximate surface area is 142 Å². The molecule has 0 amide bonds. The summed E-state index contributed by atoms with van der Waals surface area (Å²) < 4.78 is 44.0. The van der Waals surface area contributed by atoms with E-state index in [1.54, 1.807) is 24.2 Å². The van der Waals surface area contributed by atoms with Crippen molar-refractivity contribution in [1.29, 1.82) is 0 Å². The zero-order valence-electron chi connectivity index (χ0n) is 13.2. The van der Waals surface area contributed by atoms with Crippen LogP contribution in [0.3, 0.4) is 0 Å². The number of pyridine rings is 1. The van der Waals surface area contributed by atoms with Gasteiger partial charge in [-0.3, -0.25) is 0 Å². The number of aliphatic imine (C=N–C) groups is 1. The lowest BCUT2D eigenvalue weighted by atomic mass is 10.2. The van der Waals surface area contributed by atoms with E-state index >= 15 is 0 Å². The first-order valence-corrected chi connectivity index (χ1v) is 7.26. The molecule has 8 heteroatoms. The summed E-state index contributed by atoms with van der Waals surface area (Å²) in [6.45, 7) is 1.81. The van der Waals surface area contributed by atoms with Crippen LogP contribution in [-0.4, -0.2) is 30.3 Å². The molecule has 1 heterocycles. The molecular weight excluding hydrogens is 343 g/mol. The van der Waals surface area contributed by atoms with Gasteiger partial charge in [-0.25, -0.2) is 9.98 Å². The predicted molar refractivity (Wildman–Crippen MR) is 87.3 cm³/mol. The molecule has 0 bridgehead atoms. The molecule has 0 radical (unpaired) electrons. The minimum atomic E-state index is -4.55. The number of benzene rings is 1. The van der Waals surface area contributed by atoms with Crippen molar-refractivity contribution >= 4 is 23.6 Å². The summed E-state index contributed by atoms with van der Waals surface area (Å²) >= 11 is 5.58. The molecule has 128 valence electrons. The molecule has 2 aromatic rings. The molecule has 0 spiro atoms. The van der Waals surface area contributed by atoms with Crippen LogP contribution in [0.4, 0.5) is 18.9 Å². The first kappa shape index (κ1) is 18.1. The minimum Gasteiger partial charge on any atom is -0.439 e. The number of hydrogen-bond donors (Lipinski definition) is 0. The third kappa shape index (κ3) is 4.61. The Kier molecular flexibility index (Phi) is 5.33. The quantitative estimate of drug-likeness (QED) is 0.566. The third-order valence-electron chi connectivity index (χ3n) is 2.95. The Morgan fingerprint density at radius 1 is 1.25 bits per heavy atom. The van der Waals surface area contributed by atoms with Gasteiger partial charge in [0.2, 0.25) is 5.88 Å². The Morgan fingerprint density at radius 2 is 1.96 bits per heavy atom. The van der Waals surface area contributed by atoms with Gasteiger partial charge in [-0.15, -0.1) is 0 Å². The number of aromatic nitrogens is 1. The van der Waals surface area contributed by atoms with Crippen LogP contribution < -0.4 is 4.74 Å². The lowest BCUT2D eigenvalue weighted by Gasteiger charge is -2.12. The highest BCUT2D eigenvalue weighted by molar-refractivity contribution is 6.31. The topological polar surface area (TPSA) is 37.7 Å². The zero-order chi connectivity index (χ0) is 17.9. The van der Waals surface area contributed by atoms with Crippen LogP contribution in [0.25, 0.3) is 0 Å². The van der Waals surface area contributed by atoms with E-state index in [1.807, 2.05) is 14.1 Å². The van der Waals surface area contributed by atoms with Gasteiger partial charge in [0.1, 0.15) is 5.75 Å². The van der Waals surface area contributed by atoms with Gasteiger partial charge in [0.05, 0.1) is 28.8 Å². The van der Waals surface area contributed by atoms with E-state index in [2.05, 4.69) is 9.98 Å². The number of nitrogens with zero attached hydrogens (tertiary/aromatic N) is 3. The predicted octanol–water partition coefficient (Wildman–Crippen LogP) is 5.08. The summed E-state index contributed by atoms with van der Waals surface area (Å²) in [5.41, 5.74) is 0.469. The number of hydrogen-bond acceptors (Lipinski definition) is 3. The number of alkyl halides is 3. The van der Waals surface area contributed by atoms with Crippen LogP contribution in [0.5, 0.6) is 11.6 Å². The maximum absolute atomic E-state index is 12.9. The number of ether oxygens (including phenoxy) is 1. The molecular formula is C16H15ClF3N3O. The van der Waals surface area contributed by atoms with E-state index in [9.17, 15) is 13.2 Å². The van der Waals surface area contributed by atoms with Crippen molar-refractivity contribution in [3.05, 3.63) is 46.6 Å². The third-order valence-corrected chi connectivity index (χ3v) is 3.28. The van der Waals surface area contributed by atoms with Gasteiger partial charge in [-0.05, 0) is 30.7 Å². The molecule has 0 N–H and O–H groups in total. The first-order valence-electron chi connectivity index (χ1n) is 6.88. The maximum atomic E-state index is 12.9. The number of rotatable bonds is 4. The summed E-state index contributed by atoms with van der Waals surface area (Å²) in [7, 11) is 3.67. The maximum Gasteiger partial charge on any atom is 0.417 e. The average molecular weight is 358 g/mol. The van der Waals surface area contributed by atoms with Crippen molar-refractivity contribution in [2.24, 2.45) is 4.99 Å². The van der Waals surface area contributed by atoms with Crippen molar-refractivity contribution < 1.29 is 17.9 Å². The van der Waals surface area contributed by atoms with Gasteiger partial charge in [0.15, 0.2) is 0 Å². The van der Waals surface area contributed by atoms with E-state index in [-0.39, 0.29) is 16.7 Å². The molecule has 0 aliphatic heterocycles. The second-order valence-corrected chi connectivity index (χ2v) is 5.67. The molecule has 2 rings (SSSR count). The average Bonchev–Trinajstić information content (AvgIpc) is 2.47. The molecule has 0 aliphatic rings. The lowest BCUT2D eigenvalue weighted by Crippen LogP contribution is -2.07. The highest BCUT2D eigenvalue weighted by atomic mass is 35.5. The molecule has 0 atom stereocenters. The highest BCUT2D eigenvalue weighted by Crippen LogP contribution is 2.37. The van der Waals surface area contributed by atoms with Crippen molar-refractivity contribution in [3.63, 3.8) is 0 Å². The van der Waals surface area contributed by atoms with Crippen LogP contribution >= 0.6 is 11.6 Å². The first-order chi connectivity index (χ1) is 11.2. The highest BCUT2D eigenvalue weighted by Gasteiger charge is 2.33. The van der Waals surface area contributed by atoms with E-state index in [1.165, 1.54) is 12.3 Å². The summed E-state index contributed by atoms with van der Waals surface area (Å²) in [6.07, 6.45) is -1.44. The zero-order valence-corrected chi connectivity index (χ0v) is 14.0. The number of halogens is 4. The summed E-state index contributed by atoms with van der Waals surface area (Å²) in [5, 5.41) is -0.382. The molecule has 4 nitrogen and oxygen atoms in total. The van der Waals surface area contributed by atoms with Gasteiger partial charge >= 0.3 is 6.18 Å². The minimum absolute atomic E-state index is 0.00293. The smallest absolute Gasteiger partial charge is 0.417 e. The second-order valence-electron chi connectivity index (χ2n) is 5.26. The van der Waals surface area contributed by atoms with Gasteiger partial charge in [0, 0.05) is 20.2 Å². The molecule has 0 saturated heterocycles. The normalized spacial score (nSPS) is 11.8. The Bertz CT molecular complexity index is 761. The fraction of sp³-hybridized carbons (Fsp3) is 0.250. The van der Waals surface area contributed by atoms with E-state index in [0.29, 0.717) is 5.69 Å². The SMILES string of the molecule is Cc1cc(Oc2ccc(Cl)c(C(F)(F)F)c2)ncc1/N=C/N(C)C. The van der Waals surface area contributed by atoms with Gasteiger partial charge in [-0.2, -0.15) is 13.2 Å². The van der Waals surface area contributed by atoms with Crippen LogP contribution in [0, 0.1) is 6.92 Å². The molecule has 24 heavy (non-hydrogen) atoms. The van der Waals surface area contributed by atoms with Gasteiger partial charge in [-0.1, -0.05) is 11.6 Å². The Balaban J connectivity index is 2.24.